The molecule has 3 rings (SSSR count). The second-order valence-electron chi connectivity index (χ2n) is 8.19. The highest BCUT2D eigenvalue weighted by Crippen LogP contribution is 2.13. The van der Waals surface area contributed by atoms with E-state index in [1.54, 1.807) is 6.20 Å². The molecule has 0 aliphatic carbocycles. The summed E-state index contributed by atoms with van der Waals surface area (Å²) in [6.45, 7) is 6.44. The molecule has 3 aromatic rings. The molecule has 180 valence electrons. The van der Waals surface area contributed by atoms with Crippen LogP contribution in [0.2, 0.25) is 0 Å². The van der Waals surface area contributed by atoms with E-state index in [9.17, 15) is 9.90 Å². The van der Waals surface area contributed by atoms with Gasteiger partial charge in [0.15, 0.2) is 0 Å². The Morgan fingerprint density at radius 1 is 1.06 bits per heavy atom. The highest BCUT2D eigenvalue weighted by Gasteiger charge is 2.11. The van der Waals surface area contributed by atoms with Crippen LogP contribution >= 0.6 is 24.8 Å². The molecule has 0 saturated carbocycles. The number of rotatable bonds is 11. The molecule has 0 aliphatic heterocycles. The first-order chi connectivity index (χ1) is 15.0. The third kappa shape index (κ3) is 9.56. The van der Waals surface area contributed by atoms with Crippen molar-refractivity contribution in [2.24, 2.45) is 5.92 Å². The maximum Gasteiger partial charge on any atom is 0.231 e. The van der Waals surface area contributed by atoms with Crippen LogP contribution in [-0.2, 0) is 24.2 Å². The van der Waals surface area contributed by atoms with Crippen LogP contribution in [0, 0.1) is 5.92 Å². The van der Waals surface area contributed by atoms with Gasteiger partial charge in [0.1, 0.15) is 5.82 Å². The monoisotopic (exact) mass is 492 g/mol. The van der Waals surface area contributed by atoms with Gasteiger partial charge in [-0.05, 0) is 42.1 Å². The highest BCUT2D eigenvalue weighted by atomic mass is 35.5. The Morgan fingerprint density at radius 3 is 2.42 bits per heavy atom. The molecule has 0 radical (unpaired) electrons. The normalized spacial score (nSPS) is 11.4. The number of hydrogen-bond donors (Lipinski definition) is 3. The van der Waals surface area contributed by atoms with E-state index in [1.807, 2.05) is 65.4 Å². The third-order valence-electron chi connectivity index (χ3n) is 5.03. The van der Waals surface area contributed by atoms with Crippen molar-refractivity contribution in [3.05, 3.63) is 83.9 Å². The van der Waals surface area contributed by atoms with Gasteiger partial charge in [0.05, 0.1) is 12.5 Å². The first kappa shape index (κ1) is 28.7. The summed E-state index contributed by atoms with van der Waals surface area (Å²) in [5.41, 5.74) is 2.87. The number of carbonyl (C=O) groups excluding carboxylic acids is 1. The average Bonchev–Trinajstić information content (AvgIpc) is 3.18. The number of benzene rings is 2. The van der Waals surface area contributed by atoms with Crippen molar-refractivity contribution >= 4 is 36.4 Å². The Kier molecular flexibility index (Phi) is 12.8. The van der Waals surface area contributed by atoms with Crippen LogP contribution in [0.4, 0.5) is 5.69 Å². The number of halogens is 2. The van der Waals surface area contributed by atoms with Crippen molar-refractivity contribution < 1.29 is 9.90 Å². The Bertz CT molecular complexity index is 947. The maximum atomic E-state index is 12.4. The van der Waals surface area contributed by atoms with Crippen molar-refractivity contribution in [1.29, 1.82) is 0 Å². The lowest BCUT2D eigenvalue weighted by Gasteiger charge is -2.12. The van der Waals surface area contributed by atoms with Gasteiger partial charge in [-0.25, -0.2) is 4.98 Å². The van der Waals surface area contributed by atoms with Crippen molar-refractivity contribution in [2.75, 3.05) is 18.4 Å². The lowest BCUT2D eigenvalue weighted by Crippen LogP contribution is -2.23. The average molecular weight is 493 g/mol. The highest BCUT2D eigenvalue weighted by molar-refractivity contribution is 5.91. The van der Waals surface area contributed by atoms with Gasteiger partial charge in [0, 0.05) is 31.2 Å². The summed E-state index contributed by atoms with van der Waals surface area (Å²) in [5.74, 6) is 1.21. The zero-order valence-electron chi connectivity index (χ0n) is 19.1. The summed E-state index contributed by atoms with van der Waals surface area (Å²) in [4.78, 5) is 16.7. The second-order valence-corrected chi connectivity index (χ2v) is 8.19. The molecule has 0 bridgehead atoms. The maximum absolute atomic E-state index is 12.4. The van der Waals surface area contributed by atoms with Crippen molar-refractivity contribution in [2.45, 2.75) is 39.3 Å². The number of hydrogen-bond acceptors (Lipinski definition) is 4. The van der Waals surface area contributed by atoms with Gasteiger partial charge >= 0.3 is 0 Å². The molecule has 6 nitrogen and oxygen atoms in total. The van der Waals surface area contributed by atoms with Gasteiger partial charge in [0.25, 0.3) is 0 Å². The van der Waals surface area contributed by atoms with Crippen LogP contribution in [-0.4, -0.2) is 33.7 Å². The van der Waals surface area contributed by atoms with E-state index < -0.39 is 6.10 Å². The molecule has 0 aliphatic rings. The number of amides is 1. The number of nitrogens with zero attached hydrogens (tertiary/aromatic N) is 2. The number of imidazole rings is 1. The molecule has 0 spiro atoms. The molecule has 8 heteroatoms. The SMILES string of the molecule is CC(C)Cn1ccnc1CC(=O)Nc1ccc(CCNCC(O)c2ccccc2)cc1.Cl.Cl. The van der Waals surface area contributed by atoms with Gasteiger partial charge in [-0.15, -0.1) is 24.8 Å². The van der Waals surface area contributed by atoms with Crippen LogP contribution in [0.15, 0.2) is 67.0 Å². The quantitative estimate of drug-likeness (QED) is 0.346. The van der Waals surface area contributed by atoms with E-state index in [0.29, 0.717) is 12.5 Å². The summed E-state index contributed by atoms with van der Waals surface area (Å²) in [6.07, 6.45) is 4.27. The molecule has 1 unspecified atom stereocenters. The van der Waals surface area contributed by atoms with Crippen LogP contribution in [0.25, 0.3) is 0 Å². The Morgan fingerprint density at radius 2 is 1.76 bits per heavy atom. The number of carbonyl (C=O) groups is 1. The first-order valence-electron chi connectivity index (χ1n) is 10.8. The lowest BCUT2D eigenvalue weighted by atomic mass is 10.1. The van der Waals surface area contributed by atoms with Crippen molar-refractivity contribution in [3.63, 3.8) is 0 Å². The molecule has 1 heterocycles. The topological polar surface area (TPSA) is 79.2 Å². The van der Waals surface area contributed by atoms with Gasteiger partial charge in [0.2, 0.25) is 5.91 Å². The van der Waals surface area contributed by atoms with E-state index in [1.165, 1.54) is 5.56 Å². The van der Waals surface area contributed by atoms with Gasteiger partial charge in [-0.1, -0.05) is 56.3 Å². The molecule has 1 aromatic heterocycles. The molecular weight excluding hydrogens is 459 g/mol. The van der Waals surface area contributed by atoms with E-state index >= 15 is 0 Å². The number of aliphatic hydroxyl groups excluding tert-OH is 1. The summed E-state index contributed by atoms with van der Waals surface area (Å²) < 4.78 is 2.04. The number of nitrogens with one attached hydrogen (secondary N) is 2. The van der Waals surface area contributed by atoms with Gasteiger partial charge < -0.3 is 20.3 Å². The fourth-order valence-electron chi connectivity index (χ4n) is 3.43. The summed E-state index contributed by atoms with van der Waals surface area (Å²) in [6, 6.07) is 17.5. The summed E-state index contributed by atoms with van der Waals surface area (Å²) in [7, 11) is 0. The number of aromatic nitrogens is 2. The minimum atomic E-state index is -0.505. The van der Waals surface area contributed by atoms with Crippen LogP contribution in [0.5, 0.6) is 0 Å². The van der Waals surface area contributed by atoms with Gasteiger partial charge in [-0.3, -0.25) is 4.79 Å². The van der Waals surface area contributed by atoms with Crippen molar-refractivity contribution in [3.8, 4) is 0 Å². The van der Waals surface area contributed by atoms with Crippen molar-refractivity contribution in [1.82, 2.24) is 14.9 Å². The minimum Gasteiger partial charge on any atom is -0.387 e. The van der Waals surface area contributed by atoms with Crippen LogP contribution < -0.4 is 10.6 Å². The zero-order valence-corrected chi connectivity index (χ0v) is 20.7. The molecular formula is C25H34Cl2N4O2. The standard InChI is InChI=1S/C25H32N4O2.2ClH/c1-19(2)18-29-15-14-27-24(29)16-25(31)28-22-10-8-20(9-11-22)12-13-26-17-23(30)21-6-4-3-5-7-21;;/h3-11,14-15,19,23,26,30H,12-13,16-18H2,1-2H3,(H,28,31);2*1H. The lowest BCUT2D eigenvalue weighted by molar-refractivity contribution is -0.115. The van der Waals surface area contributed by atoms with Gasteiger partial charge in [-0.2, -0.15) is 0 Å². The molecule has 2 aromatic carbocycles. The Labute approximate surface area is 208 Å². The predicted molar refractivity (Wildman–Crippen MR) is 138 cm³/mol. The molecule has 1 amide bonds. The van der Waals surface area contributed by atoms with E-state index in [-0.39, 0.29) is 37.1 Å². The zero-order chi connectivity index (χ0) is 22.1. The smallest absolute Gasteiger partial charge is 0.231 e. The van der Waals surface area contributed by atoms with Crippen LogP contribution in [0.1, 0.15) is 36.9 Å². The molecule has 0 fully saturated rings. The van der Waals surface area contributed by atoms with E-state index in [0.717, 1.165) is 36.6 Å². The largest absolute Gasteiger partial charge is 0.387 e. The minimum absolute atomic E-state index is 0. The van der Waals surface area contributed by atoms with E-state index in [2.05, 4.69) is 29.5 Å². The number of anilines is 1. The Hall–Kier alpha value is -2.38. The fraction of sp³-hybridized carbons (Fsp3) is 0.360. The molecule has 3 N–H and O–H groups in total. The molecule has 0 saturated heterocycles. The van der Waals surface area contributed by atoms with E-state index in [4.69, 9.17) is 0 Å². The molecule has 1 atom stereocenters. The first-order valence-corrected chi connectivity index (χ1v) is 10.8. The summed E-state index contributed by atoms with van der Waals surface area (Å²) >= 11 is 0. The predicted octanol–water partition coefficient (Wildman–Crippen LogP) is 4.43. The third-order valence-corrected chi connectivity index (χ3v) is 5.03. The van der Waals surface area contributed by atoms with Crippen LogP contribution in [0.3, 0.4) is 0 Å². The fourth-order valence-corrected chi connectivity index (χ4v) is 3.43. The second kappa shape index (κ2) is 14.7. The number of aliphatic hydroxyl groups is 1. The molecule has 33 heavy (non-hydrogen) atoms. The summed E-state index contributed by atoms with van der Waals surface area (Å²) in [5, 5.41) is 16.4. The Balaban J connectivity index is 0.00000272.